The summed E-state index contributed by atoms with van der Waals surface area (Å²) >= 11 is 0. The van der Waals surface area contributed by atoms with Gasteiger partial charge in [-0.1, -0.05) is 18.4 Å². The lowest BCUT2D eigenvalue weighted by molar-refractivity contribution is -0.122. The van der Waals surface area contributed by atoms with Gasteiger partial charge in [-0.2, -0.15) is 0 Å². The van der Waals surface area contributed by atoms with Crippen molar-refractivity contribution in [2.45, 2.75) is 45.4 Å². The van der Waals surface area contributed by atoms with Crippen LogP contribution in [-0.4, -0.2) is 12.3 Å². The van der Waals surface area contributed by atoms with Gasteiger partial charge in [0.05, 0.1) is 0 Å². The van der Waals surface area contributed by atoms with Crippen LogP contribution in [0.4, 0.5) is 0 Å². The molecule has 2 atom stereocenters. The SMILES string of the molecule is CC1=C(CCN)C(=O)C2CCCCC2C1. The Morgan fingerprint density at radius 1 is 1.33 bits per heavy atom. The van der Waals surface area contributed by atoms with Crippen LogP contribution in [0.3, 0.4) is 0 Å². The van der Waals surface area contributed by atoms with Crippen LogP contribution in [0.15, 0.2) is 11.1 Å². The highest BCUT2D eigenvalue weighted by molar-refractivity contribution is 5.99. The second-order valence-electron chi connectivity index (χ2n) is 5.02. The van der Waals surface area contributed by atoms with E-state index in [0.717, 1.165) is 24.8 Å². The lowest BCUT2D eigenvalue weighted by atomic mass is 9.68. The largest absolute Gasteiger partial charge is 0.330 e. The predicted octanol–water partition coefficient (Wildman–Crippen LogP) is 2.43. The molecule has 0 aromatic heterocycles. The van der Waals surface area contributed by atoms with Crippen LogP contribution in [0.2, 0.25) is 0 Å². The molecule has 1 fully saturated rings. The number of fused-ring (bicyclic) bond motifs is 1. The van der Waals surface area contributed by atoms with Gasteiger partial charge in [0, 0.05) is 5.92 Å². The van der Waals surface area contributed by atoms with Crippen molar-refractivity contribution in [3.8, 4) is 0 Å². The zero-order chi connectivity index (χ0) is 10.8. The number of carbonyl (C=O) groups is 1. The Morgan fingerprint density at radius 3 is 2.80 bits per heavy atom. The molecule has 2 rings (SSSR count). The molecule has 15 heavy (non-hydrogen) atoms. The number of carbonyl (C=O) groups excluding carboxylic acids is 1. The molecule has 1 saturated carbocycles. The fourth-order valence-electron chi connectivity index (χ4n) is 3.23. The Hall–Kier alpha value is -0.630. The van der Waals surface area contributed by atoms with E-state index in [1.165, 1.54) is 24.8 Å². The zero-order valence-electron chi connectivity index (χ0n) is 9.59. The highest BCUT2D eigenvalue weighted by atomic mass is 16.1. The molecule has 2 aliphatic rings. The molecule has 2 aliphatic carbocycles. The highest BCUT2D eigenvalue weighted by Crippen LogP contribution is 2.41. The molecule has 2 unspecified atom stereocenters. The first-order valence-corrected chi connectivity index (χ1v) is 6.17. The Labute approximate surface area is 91.9 Å². The van der Waals surface area contributed by atoms with Crippen LogP contribution < -0.4 is 5.73 Å². The third-order valence-electron chi connectivity index (χ3n) is 4.02. The highest BCUT2D eigenvalue weighted by Gasteiger charge is 2.36. The van der Waals surface area contributed by atoms with Crippen LogP contribution in [0.5, 0.6) is 0 Å². The third kappa shape index (κ3) is 2.00. The lowest BCUT2D eigenvalue weighted by Gasteiger charge is -2.36. The van der Waals surface area contributed by atoms with E-state index in [4.69, 9.17) is 5.73 Å². The van der Waals surface area contributed by atoms with Crippen LogP contribution in [0.1, 0.15) is 45.4 Å². The molecule has 2 nitrogen and oxygen atoms in total. The molecule has 0 radical (unpaired) electrons. The third-order valence-corrected chi connectivity index (χ3v) is 4.02. The minimum atomic E-state index is 0.337. The molecular weight excluding hydrogens is 186 g/mol. The van der Waals surface area contributed by atoms with E-state index < -0.39 is 0 Å². The normalized spacial score (nSPS) is 31.7. The van der Waals surface area contributed by atoms with Gasteiger partial charge in [-0.15, -0.1) is 0 Å². The first-order chi connectivity index (χ1) is 7.24. The molecule has 0 heterocycles. The number of hydrogen-bond acceptors (Lipinski definition) is 2. The Bertz CT molecular complexity index is 293. The average molecular weight is 207 g/mol. The summed E-state index contributed by atoms with van der Waals surface area (Å²) in [6, 6.07) is 0. The minimum absolute atomic E-state index is 0.337. The number of ketones is 1. The number of rotatable bonds is 2. The van der Waals surface area contributed by atoms with Crippen molar-refractivity contribution < 1.29 is 4.79 Å². The molecule has 0 aromatic carbocycles. The topological polar surface area (TPSA) is 43.1 Å². The van der Waals surface area contributed by atoms with Crippen molar-refractivity contribution in [2.75, 3.05) is 6.54 Å². The van der Waals surface area contributed by atoms with E-state index in [2.05, 4.69) is 6.92 Å². The summed E-state index contributed by atoms with van der Waals surface area (Å²) in [7, 11) is 0. The van der Waals surface area contributed by atoms with Gasteiger partial charge in [-0.25, -0.2) is 0 Å². The predicted molar refractivity (Wildman–Crippen MR) is 61.4 cm³/mol. The maximum atomic E-state index is 12.2. The molecule has 2 heteroatoms. The van der Waals surface area contributed by atoms with Gasteiger partial charge in [0.15, 0.2) is 5.78 Å². The molecule has 0 aromatic rings. The number of nitrogens with two attached hydrogens (primary N) is 1. The van der Waals surface area contributed by atoms with E-state index in [1.807, 2.05) is 0 Å². The average Bonchev–Trinajstić information content (AvgIpc) is 2.24. The van der Waals surface area contributed by atoms with Gasteiger partial charge in [-0.3, -0.25) is 4.79 Å². The van der Waals surface area contributed by atoms with Gasteiger partial charge >= 0.3 is 0 Å². The number of Topliss-reactive ketones (excluding diaryl/α,β-unsaturated/α-hetero) is 1. The summed E-state index contributed by atoms with van der Waals surface area (Å²) in [5.74, 6) is 1.41. The Balaban J connectivity index is 2.20. The van der Waals surface area contributed by atoms with Crippen molar-refractivity contribution in [1.29, 1.82) is 0 Å². The standard InChI is InChI=1S/C13H21NO/c1-9-8-10-4-2-3-5-12(10)13(15)11(9)6-7-14/h10,12H,2-8,14H2,1H3. The Morgan fingerprint density at radius 2 is 2.07 bits per heavy atom. The monoisotopic (exact) mass is 207 g/mol. The van der Waals surface area contributed by atoms with Crippen LogP contribution in [-0.2, 0) is 4.79 Å². The Kier molecular flexibility index (Phi) is 3.25. The molecule has 0 spiro atoms. The summed E-state index contributed by atoms with van der Waals surface area (Å²) in [6.07, 6.45) is 6.85. The molecule has 0 bridgehead atoms. The van der Waals surface area contributed by atoms with Crippen molar-refractivity contribution in [3.05, 3.63) is 11.1 Å². The van der Waals surface area contributed by atoms with E-state index in [9.17, 15) is 4.79 Å². The van der Waals surface area contributed by atoms with E-state index >= 15 is 0 Å². The smallest absolute Gasteiger partial charge is 0.162 e. The van der Waals surface area contributed by atoms with Gasteiger partial charge in [0.2, 0.25) is 0 Å². The minimum Gasteiger partial charge on any atom is -0.330 e. The zero-order valence-corrected chi connectivity index (χ0v) is 9.59. The molecule has 2 N–H and O–H groups in total. The fourth-order valence-corrected chi connectivity index (χ4v) is 3.23. The number of allylic oxidation sites excluding steroid dienone is 1. The maximum Gasteiger partial charge on any atom is 0.162 e. The van der Waals surface area contributed by atoms with Gasteiger partial charge < -0.3 is 5.73 Å². The molecule has 0 amide bonds. The molecule has 0 saturated heterocycles. The van der Waals surface area contributed by atoms with Crippen molar-refractivity contribution in [1.82, 2.24) is 0 Å². The van der Waals surface area contributed by atoms with Gasteiger partial charge in [0.25, 0.3) is 0 Å². The summed E-state index contributed by atoms with van der Waals surface area (Å²) < 4.78 is 0. The van der Waals surface area contributed by atoms with Crippen molar-refractivity contribution >= 4 is 5.78 Å². The van der Waals surface area contributed by atoms with Crippen molar-refractivity contribution in [3.63, 3.8) is 0 Å². The summed E-state index contributed by atoms with van der Waals surface area (Å²) in [5, 5.41) is 0. The van der Waals surface area contributed by atoms with E-state index in [1.54, 1.807) is 0 Å². The summed E-state index contributed by atoms with van der Waals surface area (Å²) in [4.78, 5) is 12.2. The summed E-state index contributed by atoms with van der Waals surface area (Å²) in [5.41, 5.74) is 7.94. The van der Waals surface area contributed by atoms with Crippen LogP contribution >= 0.6 is 0 Å². The lowest BCUT2D eigenvalue weighted by Crippen LogP contribution is -2.33. The second-order valence-corrected chi connectivity index (χ2v) is 5.02. The molecular formula is C13H21NO. The first-order valence-electron chi connectivity index (χ1n) is 6.17. The maximum absolute atomic E-state index is 12.2. The summed E-state index contributed by atoms with van der Waals surface area (Å²) in [6.45, 7) is 2.73. The molecule has 0 aliphatic heterocycles. The van der Waals surface area contributed by atoms with Gasteiger partial charge in [0.1, 0.15) is 0 Å². The number of hydrogen-bond donors (Lipinski definition) is 1. The van der Waals surface area contributed by atoms with Crippen molar-refractivity contribution in [2.24, 2.45) is 17.6 Å². The van der Waals surface area contributed by atoms with E-state index in [-0.39, 0.29) is 0 Å². The van der Waals surface area contributed by atoms with E-state index in [0.29, 0.717) is 24.2 Å². The molecule has 84 valence electrons. The van der Waals surface area contributed by atoms with Crippen LogP contribution in [0, 0.1) is 11.8 Å². The first kappa shape index (κ1) is 10.9. The van der Waals surface area contributed by atoms with Crippen LogP contribution in [0.25, 0.3) is 0 Å². The van der Waals surface area contributed by atoms with Gasteiger partial charge in [-0.05, 0) is 50.6 Å². The quantitative estimate of drug-likeness (QED) is 0.755. The second kappa shape index (κ2) is 4.48. The fraction of sp³-hybridized carbons (Fsp3) is 0.769.